The van der Waals surface area contributed by atoms with Gasteiger partial charge in [0.2, 0.25) is 11.8 Å². The summed E-state index contributed by atoms with van der Waals surface area (Å²) in [6.07, 6.45) is 1.13. The van der Waals surface area contributed by atoms with Crippen LogP contribution in [0.25, 0.3) is 0 Å². The summed E-state index contributed by atoms with van der Waals surface area (Å²) in [6, 6.07) is 4.31. The smallest absolute Gasteiger partial charge is 0.416 e. The highest BCUT2D eigenvalue weighted by Gasteiger charge is 2.31. The zero-order valence-corrected chi connectivity index (χ0v) is 15.2. The third kappa shape index (κ3) is 5.11. The van der Waals surface area contributed by atoms with E-state index in [2.05, 4.69) is 15.3 Å². The molecule has 1 aromatic carbocycles. The summed E-state index contributed by atoms with van der Waals surface area (Å²) in [5.41, 5.74) is -0.837. The summed E-state index contributed by atoms with van der Waals surface area (Å²) < 4.78 is 49.2. The number of aromatic nitrogens is 2. The molecular weight excluding hydrogens is 375 g/mol. The molecule has 0 unspecified atom stereocenters. The number of rotatable bonds is 5. The lowest BCUT2D eigenvalue weighted by Crippen LogP contribution is -2.39. The van der Waals surface area contributed by atoms with E-state index in [1.807, 2.05) is 0 Å². The summed E-state index contributed by atoms with van der Waals surface area (Å²) in [5, 5.41) is 2.81. The number of alkyl halides is 3. The zero-order chi connectivity index (χ0) is 20.1. The van der Waals surface area contributed by atoms with Crippen molar-refractivity contribution in [2.45, 2.75) is 44.0 Å². The van der Waals surface area contributed by atoms with Crippen molar-refractivity contribution >= 4 is 5.91 Å². The molecule has 3 rings (SSSR count). The van der Waals surface area contributed by atoms with Crippen LogP contribution in [0.2, 0.25) is 0 Å². The molecule has 0 atom stereocenters. The predicted octanol–water partition coefficient (Wildman–Crippen LogP) is 3.62. The average molecular weight is 395 g/mol. The van der Waals surface area contributed by atoms with E-state index in [9.17, 15) is 18.0 Å². The Balaban J connectivity index is 1.52. The third-order valence-corrected chi connectivity index (χ3v) is 4.55. The Bertz CT molecular complexity index is 821. The van der Waals surface area contributed by atoms with E-state index >= 15 is 0 Å². The van der Waals surface area contributed by atoms with Crippen LogP contribution in [0.4, 0.5) is 13.2 Å². The van der Waals surface area contributed by atoms with Crippen molar-refractivity contribution in [3.05, 3.63) is 47.8 Å². The molecule has 1 heterocycles. The molecule has 9 heteroatoms. The topological polar surface area (TPSA) is 73.3 Å². The van der Waals surface area contributed by atoms with Gasteiger partial charge in [-0.15, -0.1) is 0 Å². The van der Waals surface area contributed by atoms with Gasteiger partial charge in [0.25, 0.3) is 5.91 Å². The first-order valence-electron chi connectivity index (χ1n) is 8.86. The lowest BCUT2D eigenvalue weighted by Gasteiger charge is -2.29. The van der Waals surface area contributed by atoms with Gasteiger partial charge in [0.05, 0.1) is 25.1 Å². The minimum atomic E-state index is -4.48. The summed E-state index contributed by atoms with van der Waals surface area (Å²) in [4.78, 5) is 20.4. The van der Waals surface area contributed by atoms with Crippen molar-refractivity contribution in [2.24, 2.45) is 0 Å². The van der Waals surface area contributed by atoms with Crippen LogP contribution in [0.15, 0.2) is 36.7 Å². The summed E-state index contributed by atoms with van der Waals surface area (Å²) in [5.74, 6) is 0.226. The van der Waals surface area contributed by atoms with Crippen LogP contribution < -0.4 is 14.8 Å². The van der Waals surface area contributed by atoms with Crippen LogP contribution in [0.1, 0.15) is 41.6 Å². The zero-order valence-electron chi connectivity index (χ0n) is 15.2. The van der Waals surface area contributed by atoms with E-state index < -0.39 is 17.6 Å². The van der Waals surface area contributed by atoms with E-state index in [-0.39, 0.29) is 17.7 Å². The number of hydrogen-bond acceptors (Lipinski definition) is 5. The number of carbonyl (C=O) groups is 1. The van der Waals surface area contributed by atoms with Gasteiger partial charge in [-0.25, -0.2) is 0 Å². The van der Waals surface area contributed by atoms with Gasteiger partial charge in [0.1, 0.15) is 6.10 Å². The molecule has 0 bridgehead atoms. The second-order valence-electron chi connectivity index (χ2n) is 6.54. The molecule has 150 valence electrons. The molecule has 0 radical (unpaired) electrons. The van der Waals surface area contributed by atoms with Gasteiger partial charge in [-0.2, -0.15) is 18.2 Å². The monoisotopic (exact) mass is 395 g/mol. The van der Waals surface area contributed by atoms with Crippen molar-refractivity contribution in [1.82, 2.24) is 15.3 Å². The van der Waals surface area contributed by atoms with E-state index in [1.54, 1.807) is 0 Å². The maximum atomic E-state index is 12.8. The summed E-state index contributed by atoms with van der Waals surface area (Å²) in [6.45, 7) is 0. The van der Waals surface area contributed by atoms with Gasteiger partial charge in [-0.1, -0.05) is 6.07 Å². The van der Waals surface area contributed by atoms with Gasteiger partial charge >= 0.3 is 6.18 Å². The number of ether oxygens (including phenoxy) is 2. The van der Waals surface area contributed by atoms with Crippen LogP contribution in [0.3, 0.4) is 0 Å². The minimum absolute atomic E-state index is 0.000136. The Morgan fingerprint density at radius 2 is 1.86 bits per heavy atom. The van der Waals surface area contributed by atoms with Crippen LogP contribution in [-0.2, 0) is 6.18 Å². The first kappa shape index (κ1) is 19.9. The van der Waals surface area contributed by atoms with Crippen LogP contribution in [0, 0.1) is 0 Å². The lowest BCUT2D eigenvalue weighted by atomic mass is 9.92. The molecule has 1 amide bonds. The van der Waals surface area contributed by atoms with Crippen molar-refractivity contribution in [2.75, 3.05) is 7.11 Å². The minimum Gasteiger partial charge on any atom is -0.480 e. The molecule has 1 aliphatic carbocycles. The molecule has 1 fully saturated rings. The molecule has 1 N–H and O–H groups in total. The van der Waals surface area contributed by atoms with Crippen LogP contribution >= 0.6 is 0 Å². The van der Waals surface area contributed by atoms with Crippen molar-refractivity contribution < 1.29 is 27.4 Å². The van der Waals surface area contributed by atoms with Gasteiger partial charge < -0.3 is 14.8 Å². The largest absolute Gasteiger partial charge is 0.480 e. The lowest BCUT2D eigenvalue weighted by molar-refractivity contribution is -0.137. The highest BCUT2D eigenvalue weighted by molar-refractivity contribution is 5.94. The quantitative estimate of drug-likeness (QED) is 0.837. The van der Waals surface area contributed by atoms with E-state index in [4.69, 9.17) is 9.47 Å². The maximum Gasteiger partial charge on any atom is 0.416 e. The fourth-order valence-electron chi connectivity index (χ4n) is 3.09. The fourth-order valence-corrected chi connectivity index (χ4v) is 3.09. The average Bonchev–Trinajstić information content (AvgIpc) is 2.69. The van der Waals surface area contributed by atoms with Crippen LogP contribution in [-0.4, -0.2) is 35.1 Å². The number of nitrogens with one attached hydrogen (secondary N) is 1. The van der Waals surface area contributed by atoms with Gasteiger partial charge in [-0.05, 0) is 43.9 Å². The molecule has 1 aliphatic rings. The Labute approximate surface area is 160 Å². The van der Waals surface area contributed by atoms with Gasteiger partial charge in [0, 0.05) is 11.6 Å². The molecule has 1 saturated carbocycles. The van der Waals surface area contributed by atoms with Crippen molar-refractivity contribution in [3.63, 3.8) is 0 Å². The molecular formula is C19H20F3N3O3. The SMILES string of the molecule is COc1cncc(OC2CCC(NC(=O)c3cccc(C(F)(F)F)c3)CC2)n1. The van der Waals surface area contributed by atoms with Gasteiger partial charge in [0.15, 0.2) is 0 Å². The van der Waals surface area contributed by atoms with E-state index in [0.717, 1.165) is 12.1 Å². The summed E-state index contributed by atoms with van der Waals surface area (Å²) >= 11 is 0. The third-order valence-electron chi connectivity index (χ3n) is 4.55. The number of hydrogen-bond donors (Lipinski definition) is 1. The standard InChI is InChI=1S/C19H20F3N3O3/c1-27-16-10-23-11-17(25-16)28-15-7-5-14(6-8-15)24-18(26)12-3-2-4-13(9-12)19(20,21)22/h2-4,9-11,14-15H,5-8H2,1H3,(H,24,26). The highest BCUT2D eigenvalue weighted by Crippen LogP contribution is 2.30. The first-order valence-corrected chi connectivity index (χ1v) is 8.86. The Hall–Kier alpha value is -2.84. The predicted molar refractivity (Wildman–Crippen MR) is 94.2 cm³/mol. The summed E-state index contributed by atoms with van der Waals surface area (Å²) in [7, 11) is 1.49. The maximum absolute atomic E-state index is 12.8. The van der Waals surface area contributed by atoms with Gasteiger partial charge in [-0.3, -0.25) is 9.78 Å². The molecule has 2 aromatic rings. The molecule has 28 heavy (non-hydrogen) atoms. The van der Waals surface area contributed by atoms with Crippen molar-refractivity contribution in [1.29, 1.82) is 0 Å². The number of carbonyl (C=O) groups excluding carboxylic acids is 1. The number of methoxy groups -OCH3 is 1. The van der Waals surface area contributed by atoms with Crippen LogP contribution in [0.5, 0.6) is 11.8 Å². The number of amides is 1. The molecule has 0 spiro atoms. The molecule has 0 aliphatic heterocycles. The number of halogens is 3. The van der Waals surface area contributed by atoms with Crippen molar-refractivity contribution in [3.8, 4) is 11.8 Å². The molecule has 0 saturated heterocycles. The molecule has 6 nitrogen and oxygen atoms in total. The second-order valence-corrected chi connectivity index (χ2v) is 6.54. The Morgan fingerprint density at radius 3 is 2.54 bits per heavy atom. The normalized spacial score (nSPS) is 19.7. The first-order chi connectivity index (χ1) is 13.3. The van der Waals surface area contributed by atoms with E-state index in [0.29, 0.717) is 37.4 Å². The Morgan fingerprint density at radius 1 is 1.14 bits per heavy atom. The Kier molecular flexibility index (Phi) is 6.01. The highest BCUT2D eigenvalue weighted by atomic mass is 19.4. The fraction of sp³-hybridized carbons (Fsp3) is 0.421. The molecule has 1 aromatic heterocycles. The van der Waals surface area contributed by atoms with E-state index in [1.165, 1.54) is 31.6 Å². The number of benzene rings is 1. The number of nitrogens with zero attached hydrogens (tertiary/aromatic N) is 2. The second kappa shape index (κ2) is 8.45.